The van der Waals surface area contributed by atoms with Gasteiger partial charge in [0, 0.05) is 8.95 Å². The molecule has 0 amide bonds. The Morgan fingerprint density at radius 1 is 1.12 bits per heavy atom. The molecule has 1 unspecified atom stereocenters. The molecule has 0 bridgehead atoms. The van der Waals surface area contributed by atoms with Gasteiger partial charge >= 0.3 is 0 Å². The maximum atomic E-state index is 10.6. The molecule has 1 aromatic heterocycles. The smallest absolute Gasteiger partial charge is 0.122 e. The van der Waals surface area contributed by atoms with Crippen LogP contribution in [0.25, 0.3) is 0 Å². The topological polar surface area (TPSA) is 20.2 Å². The molecule has 0 aliphatic carbocycles. The second-order valence-electron chi connectivity index (χ2n) is 3.68. The maximum absolute atomic E-state index is 10.6. The summed E-state index contributed by atoms with van der Waals surface area (Å²) in [6.07, 6.45) is 0. The number of hydrogen-bond donors (Lipinski definition) is 1. The Morgan fingerprint density at radius 2 is 1.75 bits per heavy atom. The molecule has 2 rings (SSSR count). The normalized spacial score (nSPS) is 14.8. The van der Waals surface area contributed by atoms with Gasteiger partial charge in [-0.1, -0.05) is 28.1 Å². The lowest BCUT2D eigenvalue weighted by atomic mass is 9.94. The number of halogens is 2. The predicted molar refractivity (Wildman–Crippen MR) is 74.8 cm³/mol. The maximum Gasteiger partial charge on any atom is 0.122 e. The Hall–Kier alpha value is -0.160. The van der Waals surface area contributed by atoms with Crippen molar-refractivity contribution in [3.8, 4) is 0 Å². The van der Waals surface area contributed by atoms with Crippen molar-refractivity contribution < 1.29 is 5.11 Å². The zero-order valence-corrected chi connectivity index (χ0v) is 12.6. The molecule has 0 saturated heterocycles. The van der Waals surface area contributed by atoms with Gasteiger partial charge in [-0.3, -0.25) is 0 Å². The van der Waals surface area contributed by atoms with Gasteiger partial charge in [0.1, 0.15) is 5.60 Å². The first-order valence-corrected chi connectivity index (χ1v) is 7.20. The number of benzene rings is 1. The quantitative estimate of drug-likeness (QED) is 0.833. The van der Waals surface area contributed by atoms with Gasteiger partial charge in [0.25, 0.3) is 0 Å². The molecule has 0 radical (unpaired) electrons. The van der Waals surface area contributed by atoms with Gasteiger partial charge in [-0.25, -0.2) is 0 Å². The van der Waals surface area contributed by atoms with Crippen molar-refractivity contribution in [3.63, 3.8) is 0 Å². The summed E-state index contributed by atoms with van der Waals surface area (Å²) in [7, 11) is 0. The lowest BCUT2D eigenvalue weighted by molar-refractivity contribution is 0.105. The van der Waals surface area contributed by atoms with Crippen LogP contribution in [0.1, 0.15) is 17.4 Å². The van der Waals surface area contributed by atoms with E-state index in [4.69, 9.17) is 0 Å². The van der Waals surface area contributed by atoms with E-state index in [0.717, 1.165) is 19.4 Å². The summed E-state index contributed by atoms with van der Waals surface area (Å²) >= 11 is 8.39. The van der Waals surface area contributed by atoms with Gasteiger partial charge in [0.15, 0.2) is 0 Å². The SMILES string of the molecule is CC(O)(c1ccc(Br)cc1)c1sccc1Br. The van der Waals surface area contributed by atoms with Gasteiger partial charge in [-0.2, -0.15) is 0 Å². The minimum Gasteiger partial charge on any atom is -0.380 e. The lowest BCUT2D eigenvalue weighted by Crippen LogP contribution is -2.21. The van der Waals surface area contributed by atoms with Crippen molar-refractivity contribution >= 4 is 43.2 Å². The van der Waals surface area contributed by atoms with Crippen LogP contribution in [0.3, 0.4) is 0 Å². The first-order valence-electron chi connectivity index (χ1n) is 4.73. The van der Waals surface area contributed by atoms with Crippen molar-refractivity contribution in [1.29, 1.82) is 0 Å². The monoisotopic (exact) mass is 360 g/mol. The van der Waals surface area contributed by atoms with Gasteiger partial charge in [-0.05, 0) is 52.0 Å². The van der Waals surface area contributed by atoms with Crippen molar-refractivity contribution in [1.82, 2.24) is 0 Å². The van der Waals surface area contributed by atoms with Crippen molar-refractivity contribution in [3.05, 3.63) is 55.1 Å². The third-order valence-electron chi connectivity index (χ3n) is 2.47. The van der Waals surface area contributed by atoms with Crippen LogP contribution in [0.4, 0.5) is 0 Å². The Morgan fingerprint density at radius 3 is 2.25 bits per heavy atom. The minimum absolute atomic E-state index is 0.888. The first kappa shape index (κ1) is 12.3. The molecule has 0 aliphatic rings. The highest BCUT2D eigenvalue weighted by atomic mass is 79.9. The highest BCUT2D eigenvalue weighted by molar-refractivity contribution is 9.10. The molecular formula is C12H10Br2OS. The molecule has 1 atom stereocenters. The molecule has 0 saturated carbocycles. The Bertz CT molecular complexity index is 488. The van der Waals surface area contributed by atoms with Crippen molar-refractivity contribution in [2.24, 2.45) is 0 Å². The van der Waals surface area contributed by atoms with Crippen LogP contribution in [0.15, 0.2) is 44.7 Å². The Labute approximate surface area is 115 Å². The van der Waals surface area contributed by atoms with Crippen LogP contribution < -0.4 is 0 Å². The second-order valence-corrected chi connectivity index (χ2v) is 6.36. The number of thiophene rings is 1. The molecule has 1 nitrogen and oxygen atoms in total. The summed E-state index contributed by atoms with van der Waals surface area (Å²) in [5, 5.41) is 12.5. The zero-order valence-electron chi connectivity index (χ0n) is 8.58. The van der Waals surface area contributed by atoms with E-state index in [0.29, 0.717) is 0 Å². The van der Waals surface area contributed by atoms with Crippen molar-refractivity contribution in [2.45, 2.75) is 12.5 Å². The summed E-state index contributed by atoms with van der Waals surface area (Å²) < 4.78 is 1.96. The molecule has 4 heteroatoms. The van der Waals surface area contributed by atoms with E-state index in [1.807, 2.05) is 42.6 Å². The third-order valence-corrected chi connectivity index (χ3v) is 5.04. The first-order chi connectivity index (χ1) is 7.51. The van der Waals surface area contributed by atoms with Gasteiger partial charge in [-0.15, -0.1) is 11.3 Å². The standard InChI is InChI=1S/C12H10Br2OS/c1-12(15,11-10(14)6-7-16-11)8-2-4-9(13)5-3-8/h2-7,15H,1H3. The van der Waals surface area contributed by atoms with Gasteiger partial charge in [0.05, 0.1) is 4.88 Å². The predicted octanol–water partition coefficient (Wildman–Crippen LogP) is 4.53. The molecular weight excluding hydrogens is 352 g/mol. The third kappa shape index (κ3) is 2.25. The van der Waals surface area contributed by atoms with Crippen LogP contribution in [0.2, 0.25) is 0 Å². The van der Waals surface area contributed by atoms with Gasteiger partial charge < -0.3 is 5.11 Å². The number of rotatable bonds is 2. The van der Waals surface area contributed by atoms with E-state index in [1.54, 1.807) is 11.3 Å². The number of aliphatic hydroxyl groups is 1. The molecule has 0 aliphatic heterocycles. The van der Waals surface area contributed by atoms with E-state index >= 15 is 0 Å². The molecule has 16 heavy (non-hydrogen) atoms. The average Bonchev–Trinajstić information content (AvgIpc) is 2.66. The molecule has 2 aromatic rings. The summed E-state index contributed by atoms with van der Waals surface area (Å²) in [6, 6.07) is 9.68. The molecule has 0 spiro atoms. The molecule has 1 heterocycles. The van der Waals surface area contributed by atoms with E-state index in [9.17, 15) is 5.11 Å². The largest absolute Gasteiger partial charge is 0.380 e. The molecule has 1 N–H and O–H groups in total. The van der Waals surface area contributed by atoms with Crippen LogP contribution in [-0.2, 0) is 5.60 Å². The summed E-state index contributed by atoms with van der Waals surface area (Å²) in [4.78, 5) is 0.926. The summed E-state index contributed by atoms with van der Waals surface area (Å²) in [5.41, 5.74) is -0.0629. The fourth-order valence-corrected chi connectivity index (χ4v) is 3.65. The van der Waals surface area contributed by atoms with E-state index in [-0.39, 0.29) is 0 Å². The van der Waals surface area contributed by atoms with Crippen LogP contribution in [0, 0.1) is 0 Å². The van der Waals surface area contributed by atoms with Crippen LogP contribution in [-0.4, -0.2) is 5.11 Å². The van der Waals surface area contributed by atoms with E-state index in [1.165, 1.54) is 0 Å². The lowest BCUT2D eigenvalue weighted by Gasteiger charge is -2.23. The van der Waals surface area contributed by atoms with Gasteiger partial charge in [0.2, 0.25) is 0 Å². The summed E-state index contributed by atoms with van der Waals surface area (Å²) in [6.45, 7) is 1.81. The molecule has 0 fully saturated rings. The average molecular weight is 362 g/mol. The van der Waals surface area contributed by atoms with E-state index < -0.39 is 5.60 Å². The second kappa shape index (κ2) is 4.61. The van der Waals surface area contributed by atoms with Crippen LogP contribution in [0.5, 0.6) is 0 Å². The number of hydrogen-bond acceptors (Lipinski definition) is 2. The van der Waals surface area contributed by atoms with Crippen LogP contribution >= 0.6 is 43.2 Å². The zero-order chi connectivity index (χ0) is 11.8. The minimum atomic E-state index is -0.951. The fraction of sp³-hybridized carbons (Fsp3) is 0.167. The Kier molecular flexibility index (Phi) is 3.54. The highest BCUT2D eigenvalue weighted by Crippen LogP contribution is 2.38. The van der Waals surface area contributed by atoms with Crippen molar-refractivity contribution in [2.75, 3.05) is 0 Å². The molecule has 84 valence electrons. The highest BCUT2D eigenvalue weighted by Gasteiger charge is 2.28. The fourth-order valence-electron chi connectivity index (χ4n) is 1.55. The van der Waals surface area contributed by atoms with E-state index in [2.05, 4.69) is 31.9 Å². The summed E-state index contributed by atoms with van der Waals surface area (Å²) in [5.74, 6) is 0. The molecule has 1 aromatic carbocycles. The Balaban J connectivity index is 2.46.